The first-order valence-electron chi connectivity index (χ1n) is 9.78. The topological polar surface area (TPSA) is 130 Å². The zero-order valence-electron chi connectivity index (χ0n) is 16.6. The van der Waals surface area contributed by atoms with Crippen molar-refractivity contribution in [3.63, 3.8) is 0 Å². The van der Waals surface area contributed by atoms with Crippen LogP contribution in [-0.2, 0) is 17.1 Å². The van der Waals surface area contributed by atoms with Gasteiger partial charge in [-0.2, -0.15) is 0 Å². The summed E-state index contributed by atoms with van der Waals surface area (Å²) in [6, 6.07) is 4.87. The van der Waals surface area contributed by atoms with Gasteiger partial charge in [0.2, 0.25) is 0 Å². The van der Waals surface area contributed by atoms with Crippen LogP contribution in [0, 0.1) is 5.41 Å². The minimum atomic E-state index is -3.89. The molecule has 1 saturated carbocycles. The fourth-order valence-electron chi connectivity index (χ4n) is 4.37. The molecule has 3 aromatic heterocycles. The number of anilines is 1. The third-order valence-corrected chi connectivity index (χ3v) is 7.15. The molecule has 2 fully saturated rings. The van der Waals surface area contributed by atoms with Crippen LogP contribution < -0.4 is 10.0 Å². The summed E-state index contributed by atoms with van der Waals surface area (Å²) in [5.74, 6) is 0.687. The number of sulfonamides is 1. The Kier molecular flexibility index (Phi) is 4.16. The van der Waals surface area contributed by atoms with E-state index in [1.54, 1.807) is 13.4 Å². The Hall–Kier alpha value is -2.92. The largest absolute Gasteiger partial charge is 0.354 e. The molecule has 11 heteroatoms. The number of nitrogens with one attached hydrogen (secondary N) is 1. The van der Waals surface area contributed by atoms with Crippen LogP contribution in [0.1, 0.15) is 23.3 Å². The second-order valence-electron chi connectivity index (χ2n) is 8.25. The van der Waals surface area contributed by atoms with E-state index in [4.69, 9.17) is 5.14 Å². The van der Waals surface area contributed by atoms with Gasteiger partial charge in [-0.1, -0.05) is 0 Å². The van der Waals surface area contributed by atoms with Gasteiger partial charge in [-0.05, 0) is 31.0 Å². The van der Waals surface area contributed by atoms with Crippen LogP contribution in [0.15, 0.2) is 35.7 Å². The van der Waals surface area contributed by atoms with E-state index in [-0.39, 0.29) is 16.3 Å². The second-order valence-corrected chi connectivity index (χ2v) is 9.75. The number of fused-ring (bicyclic) bond motifs is 1. The minimum absolute atomic E-state index is 0.0354. The standard InChI is InChI=1S/C19H23N7O3S/c1-24-14(2-3-15(24)30(20,28)29)18(27)26-9-8-25(10-19(11-26)5-6-19)17-13-4-7-21-16(13)22-12-23-17/h2-4,7,12H,5-6,8-11H2,1H3,(H2,20,28,29)(H,21,22,23). The third kappa shape index (κ3) is 3.14. The Morgan fingerprint density at radius 1 is 1.17 bits per heavy atom. The maximum absolute atomic E-state index is 13.3. The van der Waals surface area contributed by atoms with Crippen LogP contribution in [-0.4, -0.2) is 64.9 Å². The predicted octanol–water partition coefficient (Wildman–Crippen LogP) is 0.686. The predicted molar refractivity (Wildman–Crippen MR) is 110 cm³/mol. The zero-order chi connectivity index (χ0) is 21.1. The van der Waals surface area contributed by atoms with E-state index in [2.05, 4.69) is 19.9 Å². The number of aromatic nitrogens is 4. The summed E-state index contributed by atoms with van der Waals surface area (Å²) < 4.78 is 24.8. The Balaban J connectivity index is 1.44. The SMILES string of the molecule is Cn1c(C(=O)N2CCN(c3ncnc4[nH]ccc34)CC3(CC3)C2)ccc1S(N)(=O)=O. The number of nitrogens with two attached hydrogens (primary N) is 1. The molecule has 10 nitrogen and oxygen atoms in total. The molecule has 4 heterocycles. The summed E-state index contributed by atoms with van der Waals surface area (Å²) in [6.45, 7) is 2.62. The summed E-state index contributed by atoms with van der Waals surface area (Å²) in [7, 11) is -2.34. The zero-order valence-corrected chi connectivity index (χ0v) is 17.4. The number of carbonyl (C=O) groups is 1. The summed E-state index contributed by atoms with van der Waals surface area (Å²) in [5.41, 5.74) is 1.15. The smallest absolute Gasteiger partial charge is 0.270 e. The van der Waals surface area contributed by atoms with Gasteiger partial charge in [0.25, 0.3) is 15.9 Å². The number of rotatable bonds is 3. The van der Waals surface area contributed by atoms with Gasteiger partial charge in [-0.15, -0.1) is 0 Å². The molecular weight excluding hydrogens is 406 g/mol. The van der Waals surface area contributed by atoms with Crippen molar-refractivity contribution in [3.8, 4) is 0 Å². The molecule has 1 spiro atoms. The van der Waals surface area contributed by atoms with E-state index in [1.807, 2.05) is 17.2 Å². The Morgan fingerprint density at radius 2 is 1.97 bits per heavy atom. The molecule has 0 bridgehead atoms. The van der Waals surface area contributed by atoms with E-state index < -0.39 is 10.0 Å². The molecule has 1 aliphatic heterocycles. The highest BCUT2D eigenvalue weighted by Gasteiger charge is 2.48. The molecule has 2 aliphatic rings. The van der Waals surface area contributed by atoms with Crippen LogP contribution in [0.5, 0.6) is 0 Å². The monoisotopic (exact) mass is 429 g/mol. The van der Waals surface area contributed by atoms with Crippen molar-refractivity contribution < 1.29 is 13.2 Å². The van der Waals surface area contributed by atoms with Crippen molar-refractivity contribution in [1.82, 2.24) is 24.4 Å². The first-order valence-corrected chi connectivity index (χ1v) is 11.3. The van der Waals surface area contributed by atoms with Crippen LogP contribution in [0.4, 0.5) is 5.82 Å². The maximum Gasteiger partial charge on any atom is 0.270 e. The van der Waals surface area contributed by atoms with Crippen molar-refractivity contribution >= 4 is 32.8 Å². The Labute approximate surface area is 173 Å². The quantitative estimate of drug-likeness (QED) is 0.630. The first-order chi connectivity index (χ1) is 14.3. The molecule has 0 radical (unpaired) electrons. The number of H-pyrrole nitrogens is 1. The number of primary sulfonamides is 1. The van der Waals surface area contributed by atoms with Crippen molar-refractivity contribution in [2.24, 2.45) is 17.6 Å². The van der Waals surface area contributed by atoms with E-state index in [0.29, 0.717) is 25.3 Å². The summed E-state index contributed by atoms with van der Waals surface area (Å²) in [5, 5.41) is 6.15. The molecule has 3 N–H and O–H groups in total. The molecular formula is C19H23N7O3S. The van der Waals surface area contributed by atoms with E-state index in [1.165, 1.54) is 16.7 Å². The van der Waals surface area contributed by atoms with Gasteiger partial charge < -0.3 is 19.4 Å². The van der Waals surface area contributed by atoms with Crippen molar-refractivity contribution in [2.45, 2.75) is 17.9 Å². The van der Waals surface area contributed by atoms with Gasteiger partial charge in [0, 0.05) is 44.8 Å². The molecule has 3 aromatic rings. The fraction of sp³-hybridized carbons (Fsp3) is 0.421. The molecule has 158 valence electrons. The lowest BCUT2D eigenvalue weighted by atomic mass is 10.1. The van der Waals surface area contributed by atoms with Gasteiger partial charge >= 0.3 is 0 Å². The Morgan fingerprint density at radius 3 is 2.67 bits per heavy atom. The maximum atomic E-state index is 13.3. The summed E-state index contributed by atoms with van der Waals surface area (Å²) in [6.07, 6.45) is 5.50. The van der Waals surface area contributed by atoms with Gasteiger partial charge in [0.05, 0.1) is 5.39 Å². The lowest BCUT2D eigenvalue weighted by molar-refractivity contribution is 0.0730. The molecule has 1 aliphatic carbocycles. The average Bonchev–Trinajstić information content (AvgIpc) is 3.13. The van der Waals surface area contributed by atoms with Crippen LogP contribution in [0.3, 0.4) is 0 Å². The number of hydrogen-bond donors (Lipinski definition) is 2. The number of carbonyl (C=O) groups excluding carboxylic acids is 1. The lowest BCUT2D eigenvalue weighted by Crippen LogP contribution is -2.37. The van der Waals surface area contributed by atoms with Crippen LogP contribution in [0.25, 0.3) is 11.0 Å². The summed E-state index contributed by atoms with van der Waals surface area (Å²) >= 11 is 0. The number of amides is 1. The molecule has 0 atom stereocenters. The Bertz CT molecular complexity index is 1240. The number of aromatic amines is 1. The molecule has 0 unspecified atom stereocenters. The molecule has 1 saturated heterocycles. The highest BCUT2D eigenvalue weighted by Crippen LogP contribution is 2.48. The van der Waals surface area contributed by atoms with E-state index in [9.17, 15) is 13.2 Å². The van der Waals surface area contributed by atoms with Gasteiger partial charge in [0.15, 0.2) is 5.03 Å². The number of nitrogens with zero attached hydrogens (tertiary/aromatic N) is 5. The van der Waals surface area contributed by atoms with E-state index >= 15 is 0 Å². The highest BCUT2D eigenvalue weighted by molar-refractivity contribution is 7.89. The van der Waals surface area contributed by atoms with E-state index in [0.717, 1.165) is 36.2 Å². The molecule has 0 aromatic carbocycles. The normalized spacial score (nSPS) is 18.7. The molecule has 5 rings (SSSR count). The number of hydrogen-bond acceptors (Lipinski definition) is 6. The van der Waals surface area contributed by atoms with Crippen molar-refractivity contribution in [3.05, 3.63) is 36.4 Å². The molecule has 1 amide bonds. The van der Waals surface area contributed by atoms with Crippen molar-refractivity contribution in [2.75, 3.05) is 31.1 Å². The van der Waals surface area contributed by atoms with Gasteiger partial charge in [0.1, 0.15) is 23.5 Å². The summed E-state index contributed by atoms with van der Waals surface area (Å²) in [4.78, 5) is 29.2. The minimum Gasteiger partial charge on any atom is -0.354 e. The van der Waals surface area contributed by atoms with Crippen LogP contribution >= 0.6 is 0 Å². The van der Waals surface area contributed by atoms with Gasteiger partial charge in [-0.3, -0.25) is 4.79 Å². The second kappa shape index (κ2) is 6.54. The van der Waals surface area contributed by atoms with Crippen molar-refractivity contribution in [1.29, 1.82) is 0 Å². The van der Waals surface area contributed by atoms with Gasteiger partial charge in [-0.25, -0.2) is 23.5 Å². The average molecular weight is 430 g/mol. The highest BCUT2D eigenvalue weighted by atomic mass is 32.2. The third-order valence-electron chi connectivity index (χ3n) is 6.16. The lowest BCUT2D eigenvalue weighted by Gasteiger charge is -2.25. The molecule has 30 heavy (non-hydrogen) atoms. The van der Waals surface area contributed by atoms with Crippen LogP contribution in [0.2, 0.25) is 0 Å². The first kappa shape index (κ1) is 19.1. The fourth-order valence-corrected chi connectivity index (χ4v) is 5.11.